The molecule has 2 nitrogen and oxygen atoms in total. The maximum atomic E-state index is 5.37. The molecule has 0 unspecified atom stereocenters. The first kappa shape index (κ1) is 17.6. The van der Waals surface area contributed by atoms with E-state index < -0.39 is 0 Å². The monoisotopic (exact) mass is 336 g/mol. The molecule has 22 heavy (non-hydrogen) atoms. The molecule has 1 aliphatic rings. The van der Waals surface area contributed by atoms with Crippen molar-refractivity contribution in [2.24, 2.45) is 0 Å². The molecule has 2 rings (SSSR count). The Morgan fingerprint density at radius 1 is 1.23 bits per heavy atom. The van der Waals surface area contributed by atoms with Crippen molar-refractivity contribution in [3.63, 3.8) is 0 Å². The Kier molecular flexibility index (Phi) is 7.53. The van der Waals surface area contributed by atoms with Crippen LogP contribution in [0.5, 0.6) is 0 Å². The maximum absolute atomic E-state index is 5.37. The SMILES string of the molecule is Cc1ccc(NC(=S)NCCCSC2CCCCC2)c(C)c1. The van der Waals surface area contributed by atoms with Crippen molar-refractivity contribution in [3.05, 3.63) is 29.3 Å². The number of nitrogens with one attached hydrogen (secondary N) is 2. The normalized spacial score (nSPS) is 15.5. The van der Waals surface area contributed by atoms with Crippen molar-refractivity contribution in [2.45, 2.75) is 57.6 Å². The molecule has 0 atom stereocenters. The highest BCUT2D eigenvalue weighted by Crippen LogP contribution is 2.28. The molecule has 0 amide bonds. The second kappa shape index (κ2) is 9.41. The molecule has 122 valence electrons. The van der Waals surface area contributed by atoms with Crippen LogP contribution in [0.15, 0.2) is 18.2 Å². The first-order chi connectivity index (χ1) is 10.6. The molecule has 1 saturated carbocycles. The fourth-order valence-corrected chi connectivity index (χ4v) is 4.40. The zero-order valence-electron chi connectivity index (χ0n) is 13.8. The second-order valence-corrected chi connectivity index (χ2v) is 8.00. The van der Waals surface area contributed by atoms with Crippen LogP contribution in [0.1, 0.15) is 49.7 Å². The highest BCUT2D eigenvalue weighted by molar-refractivity contribution is 7.99. The van der Waals surface area contributed by atoms with Crippen molar-refractivity contribution in [1.82, 2.24) is 5.32 Å². The largest absolute Gasteiger partial charge is 0.362 e. The van der Waals surface area contributed by atoms with Crippen LogP contribution in [-0.2, 0) is 0 Å². The van der Waals surface area contributed by atoms with Crippen LogP contribution >= 0.6 is 24.0 Å². The van der Waals surface area contributed by atoms with Gasteiger partial charge in [-0.25, -0.2) is 0 Å². The fraction of sp³-hybridized carbons (Fsp3) is 0.611. The Morgan fingerprint density at radius 2 is 2.00 bits per heavy atom. The summed E-state index contributed by atoms with van der Waals surface area (Å²) in [4.78, 5) is 0. The topological polar surface area (TPSA) is 24.1 Å². The minimum atomic E-state index is 0.731. The van der Waals surface area contributed by atoms with Crippen LogP contribution < -0.4 is 10.6 Å². The van der Waals surface area contributed by atoms with E-state index in [1.165, 1.54) is 55.4 Å². The van der Waals surface area contributed by atoms with Gasteiger partial charge in [-0.05, 0) is 62.7 Å². The van der Waals surface area contributed by atoms with Crippen LogP contribution in [0.3, 0.4) is 0 Å². The molecule has 1 fully saturated rings. The van der Waals surface area contributed by atoms with E-state index >= 15 is 0 Å². The van der Waals surface area contributed by atoms with E-state index in [2.05, 4.69) is 54.4 Å². The average molecular weight is 337 g/mol. The summed E-state index contributed by atoms with van der Waals surface area (Å²) >= 11 is 7.53. The number of anilines is 1. The Bertz CT molecular complexity index is 482. The number of thiocarbonyl (C=S) groups is 1. The fourth-order valence-electron chi connectivity index (χ4n) is 2.88. The van der Waals surface area contributed by atoms with Crippen molar-refractivity contribution in [3.8, 4) is 0 Å². The van der Waals surface area contributed by atoms with Gasteiger partial charge in [0, 0.05) is 17.5 Å². The molecule has 2 N–H and O–H groups in total. The summed E-state index contributed by atoms with van der Waals surface area (Å²) in [6.45, 7) is 5.17. The van der Waals surface area contributed by atoms with Gasteiger partial charge in [0.2, 0.25) is 0 Å². The molecule has 0 radical (unpaired) electrons. The van der Waals surface area contributed by atoms with Gasteiger partial charge in [-0.1, -0.05) is 37.0 Å². The van der Waals surface area contributed by atoms with E-state index in [1.807, 2.05) is 0 Å². The van der Waals surface area contributed by atoms with Gasteiger partial charge in [0.15, 0.2) is 5.11 Å². The molecule has 0 saturated heterocycles. The van der Waals surface area contributed by atoms with Gasteiger partial charge >= 0.3 is 0 Å². The summed E-state index contributed by atoms with van der Waals surface area (Å²) in [5.74, 6) is 1.24. The summed E-state index contributed by atoms with van der Waals surface area (Å²) in [6.07, 6.45) is 8.32. The van der Waals surface area contributed by atoms with Crippen molar-refractivity contribution >= 4 is 34.8 Å². The molecule has 0 aromatic heterocycles. The van der Waals surface area contributed by atoms with Crippen molar-refractivity contribution < 1.29 is 0 Å². The number of hydrogen-bond acceptors (Lipinski definition) is 2. The van der Waals surface area contributed by atoms with E-state index in [1.54, 1.807) is 0 Å². The van der Waals surface area contributed by atoms with E-state index in [-0.39, 0.29) is 0 Å². The van der Waals surface area contributed by atoms with Crippen LogP contribution in [0.2, 0.25) is 0 Å². The van der Waals surface area contributed by atoms with E-state index in [0.717, 1.165) is 22.6 Å². The smallest absolute Gasteiger partial charge is 0.170 e. The maximum Gasteiger partial charge on any atom is 0.170 e. The predicted octanol–water partition coefficient (Wildman–Crippen LogP) is 5.05. The third-order valence-corrected chi connectivity index (χ3v) is 5.86. The van der Waals surface area contributed by atoms with Gasteiger partial charge in [0.05, 0.1) is 0 Å². The Labute approximate surface area is 144 Å². The van der Waals surface area contributed by atoms with Crippen LogP contribution in [0, 0.1) is 13.8 Å². The molecule has 0 heterocycles. The lowest BCUT2D eigenvalue weighted by Crippen LogP contribution is -2.29. The number of rotatable bonds is 6. The number of benzene rings is 1. The van der Waals surface area contributed by atoms with Gasteiger partial charge in [-0.15, -0.1) is 0 Å². The van der Waals surface area contributed by atoms with Gasteiger partial charge in [-0.3, -0.25) is 0 Å². The molecule has 0 aliphatic heterocycles. The van der Waals surface area contributed by atoms with Crippen molar-refractivity contribution in [2.75, 3.05) is 17.6 Å². The van der Waals surface area contributed by atoms with Gasteiger partial charge in [0.25, 0.3) is 0 Å². The minimum absolute atomic E-state index is 0.731. The summed E-state index contributed by atoms with van der Waals surface area (Å²) in [7, 11) is 0. The zero-order chi connectivity index (χ0) is 15.8. The summed E-state index contributed by atoms with van der Waals surface area (Å²) in [5.41, 5.74) is 3.61. The summed E-state index contributed by atoms with van der Waals surface area (Å²) in [6, 6.07) is 6.38. The van der Waals surface area contributed by atoms with E-state index in [9.17, 15) is 0 Å². The Morgan fingerprint density at radius 3 is 2.73 bits per heavy atom. The quantitative estimate of drug-likeness (QED) is 0.561. The van der Waals surface area contributed by atoms with Gasteiger partial charge in [0.1, 0.15) is 0 Å². The highest BCUT2D eigenvalue weighted by atomic mass is 32.2. The Hall–Kier alpha value is -0.740. The lowest BCUT2D eigenvalue weighted by Gasteiger charge is -2.21. The minimum Gasteiger partial charge on any atom is -0.362 e. The summed E-state index contributed by atoms with van der Waals surface area (Å²) in [5, 5.41) is 8.25. The zero-order valence-corrected chi connectivity index (χ0v) is 15.4. The van der Waals surface area contributed by atoms with Crippen LogP contribution in [0.25, 0.3) is 0 Å². The van der Waals surface area contributed by atoms with E-state index in [4.69, 9.17) is 12.2 Å². The molecule has 1 aromatic rings. The summed E-state index contributed by atoms with van der Waals surface area (Å²) < 4.78 is 0. The lowest BCUT2D eigenvalue weighted by molar-refractivity contribution is 0.516. The molecule has 4 heteroatoms. The van der Waals surface area contributed by atoms with Crippen LogP contribution in [0.4, 0.5) is 5.69 Å². The molecule has 1 aromatic carbocycles. The lowest BCUT2D eigenvalue weighted by atomic mass is 10.0. The first-order valence-corrected chi connectivity index (χ1v) is 9.84. The average Bonchev–Trinajstić information content (AvgIpc) is 2.51. The number of aryl methyl sites for hydroxylation is 2. The van der Waals surface area contributed by atoms with Gasteiger partial charge in [-0.2, -0.15) is 11.8 Å². The van der Waals surface area contributed by atoms with E-state index in [0.29, 0.717) is 0 Å². The second-order valence-electron chi connectivity index (χ2n) is 6.18. The number of hydrogen-bond donors (Lipinski definition) is 2. The molecule has 0 bridgehead atoms. The number of thioether (sulfide) groups is 1. The third kappa shape index (κ3) is 6.17. The standard InChI is InChI=1S/C18H28N2S2/c1-14-9-10-17(15(2)13-14)20-18(21)19-11-6-12-22-16-7-4-3-5-8-16/h9-10,13,16H,3-8,11-12H2,1-2H3,(H2,19,20,21). The molecule has 0 spiro atoms. The molecule has 1 aliphatic carbocycles. The van der Waals surface area contributed by atoms with Crippen molar-refractivity contribution in [1.29, 1.82) is 0 Å². The van der Waals surface area contributed by atoms with Gasteiger partial charge < -0.3 is 10.6 Å². The molecular weight excluding hydrogens is 308 g/mol. The third-order valence-electron chi connectivity index (χ3n) is 4.14. The predicted molar refractivity (Wildman–Crippen MR) is 104 cm³/mol. The molecular formula is C18H28N2S2. The van der Waals surface area contributed by atoms with Crippen LogP contribution in [-0.4, -0.2) is 22.7 Å². The highest BCUT2D eigenvalue weighted by Gasteiger charge is 2.12. The Balaban J connectivity index is 1.59. The first-order valence-electron chi connectivity index (χ1n) is 8.39.